The molecule has 0 unspecified atom stereocenters. The van der Waals surface area contributed by atoms with Gasteiger partial charge in [0.15, 0.2) is 0 Å². The molecule has 1 aromatic carbocycles. The first kappa shape index (κ1) is 10.1. The summed E-state index contributed by atoms with van der Waals surface area (Å²) in [4.78, 5) is 11.5. The maximum atomic E-state index is 11.7. The van der Waals surface area contributed by atoms with Crippen LogP contribution in [-0.2, 0) is 10.0 Å². The average molecular weight is 227 g/mol. The van der Waals surface area contributed by atoms with Crippen LogP contribution in [0.5, 0.6) is 0 Å². The first-order valence-electron chi connectivity index (χ1n) is 4.27. The molecule has 1 N–H and O–H groups in total. The number of carbonyl (C=O) groups excluding carboxylic acids is 1. The number of nitrogens with zero attached hydrogens (tertiary/aromatic N) is 1. The van der Waals surface area contributed by atoms with E-state index in [4.69, 9.17) is 5.11 Å². The Hall–Kier alpha value is -1.40. The molecule has 0 radical (unpaired) electrons. The molecule has 0 aliphatic carbocycles. The van der Waals surface area contributed by atoms with Crippen molar-refractivity contribution in [3.8, 4) is 0 Å². The van der Waals surface area contributed by atoms with E-state index in [1.165, 1.54) is 12.1 Å². The van der Waals surface area contributed by atoms with Crippen LogP contribution in [0.15, 0.2) is 23.1 Å². The van der Waals surface area contributed by atoms with Crippen molar-refractivity contribution in [3.05, 3.63) is 29.3 Å². The van der Waals surface area contributed by atoms with Gasteiger partial charge in [-0.2, -0.15) is 0 Å². The minimum Gasteiger partial charge on any atom is -0.375 e. The van der Waals surface area contributed by atoms with Crippen LogP contribution in [0.1, 0.15) is 15.9 Å². The van der Waals surface area contributed by atoms with Gasteiger partial charge in [0.1, 0.15) is 11.6 Å². The van der Waals surface area contributed by atoms with Gasteiger partial charge in [-0.15, -0.1) is 0 Å². The van der Waals surface area contributed by atoms with E-state index in [1.54, 1.807) is 13.0 Å². The molecule has 15 heavy (non-hydrogen) atoms. The molecule has 5 nitrogen and oxygen atoms in total. The number of hydrogen-bond donors (Lipinski definition) is 1. The number of aryl methyl sites for hydroxylation is 1. The zero-order chi connectivity index (χ0) is 11.2. The van der Waals surface area contributed by atoms with Crippen molar-refractivity contribution in [2.45, 2.75) is 11.8 Å². The third-order valence-corrected chi connectivity index (χ3v) is 4.06. The Kier molecular flexibility index (Phi) is 2.06. The average Bonchev–Trinajstić information content (AvgIpc) is 2.34. The summed E-state index contributed by atoms with van der Waals surface area (Å²) in [6.45, 7) is 0.941. The molecule has 0 bridgehead atoms. The van der Waals surface area contributed by atoms with Crippen molar-refractivity contribution in [1.29, 1.82) is 0 Å². The second kappa shape index (κ2) is 3.04. The molecule has 0 aromatic heterocycles. The van der Waals surface area contributed by atoms with E-state index in [0.717, 1.165) is 5.56 Å². The lowest BCUT2D eigenvalue weighted by Crippen LogP contribution is -2.30. The molecule has 1 heterocycles. The molecule has 80 valence electrons. The number of fused-ring (bicyclic) bond motifs is 1. The zero-order valence-corrected chi connectivity index (χ0v) is 8.78. The Bertz CT molecular complexity index is 535. The van der Waals surface area contributed by atoms with Gasteiger partial charge in [0, 0.05) is 0 Å². The summed E-state index contributed by atoms with van der Waals surface area (Å²) in [7, 11) is -3.83. The van der Waals surface area contributed by atoms with E-state index in [2.05, 4.69) is 0 Å². The van der Waals surface area contributed by atoms with Gasteiger partial charge in [-0.05, 0) is 19.1 Å². The molecule has 0 fully saturated rings. The molecule has 6 heteroatoms. The fraction of sp³-hybridized carbons (Fsp3) is 0.222. The predicted octanol–water partition coefficient (Wildman–Crippen LogP) is 0.0893. The molecule has 2 rings (SSSR count). The Morgan fingerprint density at radius 1 is 1.40 bits per heavy atom. The van der Waals surface area contributed by atoms with Crippen LogP contribution in [-0.4, -0.2) is 30.5 Å². The number of hydrogen-bond acceptors (Lipinski definition) is 4. The molecule has 0 saturated heterocycles. The Labute approximate surface area is 87.0 Å². The summed E-state index contributed by atoms with van der Waals surface area (Å²) >= 11 is 0. The maximum absolute atomic E-state index is 11.7. The highest BCUT2D eigenvalue weighted by molar-refractivity contribution is 7.90. The van der Waals surface area contributed by atoms with Crippen LogP contribution in [0.3, 0.4) is 0 Å². The van der Waals surface area contributed by atoms with Gasteiger partial charge in [-0.1, -0.05) is 11.6 Å². The van der Waals surface area contributed by atoms with E-state index < -0.39 is 22.7 Å². The number of sulfonamides is 1. The fourth-order valence-electron chi connectivity index (χ4n) is 1.54. The van der Waals surface area contributed by atoms with E-state index >= 15 is 0 Å². The monoisotopic (exact) mass is 227 g/mol. The first-order chi connectivity index (χ1) is 6.98. The molecule has 1 aromatic rings. The summed E-state index contributed by atoms with van der Waals surface area (Å²) in [5.41, 5.74) is 0.932. The Morgan fingerprint density at radius 3 is 2.67 bits per heavy atom. The third kappa shape index (κ3) is 1.25. The molecular weight excluding hydrogens is 218 g/mol. The van der Waals surface area contributed by atoms with Gasteiger partial charge in [0.25, 0.3) is 15.9 Å². The molecule has 1 aliphatic rings. The van der Waals surface area contributed by atoms with Crippen molar-refractivity contribution in [1.82, 2.24) is 4.31 Å². The smallest absolute Gasteiger partial charge is 0.271 e. The second-order valence-electron chi connectivity index (χ2n) is 3.30. The van der Waals surface area contributed by atoms with Crippen molar-refractivity contribution >= 4 is 15.9 Å². The van der Waals surface area contributed by atoms with Gasteiger partial charge in [-0.3, -0.25) is 4.79 Å². The fourth-order valence-corrected chi connectivity index (χ4v) is 2.91. The van der Waals surface area contributed by atoms with Crippen LogP contribution in [0.4, 0.5) is 0 Å². The van der Waals surface area contributed by atoms with E-state index in [0.29, 0.717) is 4.31 Å². The van der Waals surface area contributed by atoms with Crippen molar-refractivity contribution < 1.29 is 18.3 Å². The summed E-state index contributed by atoms with van der Waals surface area (Å²) in [6.07, 6.45) is 0. The zero-order valence-electron chi connectivity index (χ0n) is 7.97. The van der Waals surface area contributed by atoms with Gasteiger partial charge < -0.3 is 5.11 Å². The predicted molar refractivity (Wildman–Crippen MR) is 51.6 cm³/mol. The molecule has 1 aliphatic heterocycles. The summed E-state index contributed by atoms with van der Waals surface area (Å²) in [6, 6.07) is 4.50. The highest BCUT2D eigenvalue weighted by Gasteiger charge is 2.40. The lowest BCUT2D eigenvalue weighted by atomic mass is 10.1. The third-order valence-electron chi connectivity index (χ3n) is 2.29. The van der Waals surface area contributed by atoms with Crippen LogP contribution in [0.2, 0.25) is 0 Å². The van der Waals surface area contributed by atoms with E-state index in [-0.39, 0.29) is 10.5 Å². The van der Waals surface area contributed by atoms with Crippen molar-refractivity contribution in [2.24, 2.45) is 0 Å². The second-order valence-corrected chi connectivity index (χ2v) is 5.13. The lowest BCUT2D eigenvalue weighted by Gasteiger charge is -2.09. The standard InChI is InChI=1S/C9H9NO4S/c1-6-2-3-8-7(4-6)9(12)10(5-11)15(8,13)14/h2-4,11H,5H2,1H3. The number of rotatable bonds is 1. The van der Waals surface area contributed by atoms with Crippen LogP contribution >= 0.6 is 0 Å². The molecule has 0 spiro atoms. The largest absolute Gasteiger partial charge is 0.375 e. The first-order valence-corrected chi connectivity index (χ1v) is 5.71. The molecule has 1 amide bonds. The van der Waals surface area contributed by atoms with E-state index in [9.17, 15) is 13.2 Å². The topological polar surface area (TPSA) is 74.7 Å². The molecular formula is C9H9NO4S. The van der Waals surface area contributed by atoms with Gasteiger partial charge in [0.05, 0.1) is 5.56 Å². The summed E-state index contributed by atoms with van der Waals surface area (Å²) in [5.74, 6) is -0.670. The van der Waals surface area contributed by atoms with Crippen LogP contribution in [0, 0.1) is 6.92 Å². The highest BCUT2D eigenvalue weighted by Crippen LogP contribution is 2.29. The SMILES string of the molecule is Cc1ccc2c(c1)C(=O)N(CO)S2(=O)=O. The van der Waals surface area contributed by atoms with Crippen molar-refractivity contribution in [3.63, 3.8) is 0 Å². The molecule has 0 atom stereocenters. The summed E-state index contributed by atoms with van der Waals surface area (Å²) in [5, 5.41) is 8.84. The minimum atomic E-state index is -3.83. The number of amides is 1. The normalized spacial score (nSPS) is 18.0. The van der Waals surface area contributed by atoms with Gasteiger partial charge in [0.2, 0.25) is 0 Å². The van der Waals surface area contributed by atoms with Gasteiger partial charge in [-0.25, -0.2) is 12.7 Å². The molecule has 0 saturated carbocycles. The van der Waals surface area contributed by atoms with Crippen LogP contribution in [0.25, 0.3) is 0 Å². The Morgan fingerprint density at radius 2 is 2.07 bits per heavy atom. The highest BCUT2D eigenvalue weighted by atomic mass is 32.2. The quantitative estimate of drug-likeness (QED) is 0.737. The Balaban J connectivity index is 2.74. The summed E-state index contributed by atoms with van der Waals surface area (Å²) < 4.78 is 23.8. The number of aliphatic hydroxyl groups excluding tert-OH is 1. The van der Waals surface area contributed by atoms with E-state index in [1.807, 2.05) is 0 Å². The maximum Gasteiger partial charge on any atom is 0.271 e. The van der Waals surface area contributed by atoms with Crippen LogP contribution < -0.4 is 0 Å². The number of benzene rings is 1. The van der Waals surface area contributed by atoms with Gasteiger partial charge >= 0.3 is 0 Å². The number of aliphatic hydroxyl groups is 1. The minimum absolute atomic E-state index is 0.0350. The lowest BCUT2D eigenvalue weighted by molar-refractivity contribution is 0.0768. The van der Waals surface area contributed by atoms with Crippen molar-refractivity contribution in [2.75, 3.05) is 6.73 Å². The number of carbonyl (C=O) groups is 1.